The monoisotopic (exact) mass is 359 g/mol. The van der Waals surface area contributed by atoms with Crippen LogP contribution in [0.5, 0.6) is 0 Å². The zero-order chi connectivity index (χ0) is 18.4. The number of hydrogen-bond acceptors (Lipinski definition) is 3. The van der Waals surface area contributed by atoms with Gasteiger partial charge in [0.25, 0.3) is 5.91 Å². The van der Waals surface area contributed by atoms with Crippen molar-refractivity contribution < 1.29 is 13.6 Å². The van der Waals surface area contributed by atoms with Crippen molar-refractivity contribution in [1.82, 2.24) is 10.2 Å². The van der Waals surface area contributed by atoms with Crippen LogP contribution in [0.4, 0.5) is 14.5 Å². The Morgan fingerprint density at radius 1 is 0.962 bits per heavy atom. The maximum atomic E-state index is 13.1. The maximum Gasteiger partial charge on any atom is 0.251 e. The largest absolute Gasteiger partial charge is 0.369 e. The molecule has 1 saturated heterocycles. The van der Waals surface area contributed by atoms with Crippen LogP contribution in [-0.4, -0.2) is 50.1 Å². The van der Waals surface area contributed by atoms with E-state index in [1.807, 2.05) is 12.1 Å². The fourth-order valence-electron chi connectivity index (χ4n) is 3.12. The van der Waals surface area contributed by atoms with E-state index in [0.29, 0.717) is 12.1 Å². The molecule has 1 fully saturated rings. The van der Waals surface area contributed by atoms with Crippen molar-refractivity contribution >= 4 is 11.6 Å². The van der Waals surface area contributed by atoms with Gasteiger partial charge in [-0.2, -0.15) is 0 Å². The van der Waals surface area contributed by atoms with Crippen molar-refractivity contribution in [1.29, 1.82) is 0 Å². The topological polar surface area (TPSA) is 35.6 Å². The van der Waals surface area contributed by atoms with Crippen LogP contribution >= 0.6 is 0 Å². The lowest BCUT2D eigenvalue weighted by Crippen LogP contribution is -2.47. The quantitative estimate of drug-likeness (QED) is 0.806. The highest BCUT2D eigenvalue weighted by atomic mass is 19.1. The molecule has 3 rings (SSSR count). The lowest BCUT2D eigenvalue weighted by atomic mass is 10.2. The molecule has 1 aliphatic heterocycles. The second-order valence-electron chi connectivity index (χ2n) is 6.42. The predicted molar refractivity (Wildman–Crippen MR) is 98.4 cm³/mol. The molecular formula is C20H23F2N3O. The first-order valence-electron chi connectivity index (χ1n) is 8.88. The van der Waals surface area contributed by atoms with Gasteiger partial charge in [-0.25, -0.2) is 8.78 Å². The van der Waals surface area contributed by atoms with Crippen LogP contribution in [0.1, 0.15) is 16.8 Å². The highest BCUT2D eigenvalue weighted by molar-refractivity contribution is 5.94. The van der Waals surface area contributed by atoms with Gasteiger partial charge in [0, 0.05) is 44.0 Å². The summed E-state index contributed by atoms with van der Waals surface area (Å²) >= 11 is 0. The maximum absolute atomic E-state index is 13.1. The lowest BCUT2D eigenvalue weighted by molar-refractivity contribution is 0.0951. The molecule has 2 aromatic rings. The molecule has 1 amide bonds. The number of hydrogen-bond donors (Lipinski definition) is 1. The highest BCUT2D eigenvalue weighted by Crippen LogP contribution is 2.16. The summed E-state index contributed by atoms with van der Waals surface area (Å²) in [6.45, 7) is 5.15. The Hall–Kier alpha value is -2.47. The van der Waals surface area contributed by atoms with E-state index in [2.05, 4.69) is 15.1 Å². The van der Waals surface area contributed by atoms with Crippen molar-refractivity contribution in [2.45, 2.75) is 6.42 Å². The van der Waals surface area contributed by atoms with Gasteiger partial charge in [0.1, 0.15) is 11.6 Å². The molecule has 1 heterocycles. The van der Waals surface area contributed by atoms with Crippen LogP contribution in [0.2, 0.25) is 0 Å². The van der Waals surface area contributed by atoms with E-state index in [4.69, 9.17) is 0 Å². The number of anilines is 1. The minimum absolute atomic E-state index is 0.215. The summed E-state index contributed by atoms with van der Waals surface area (Å²) in [6.07, 6.45) is 0.845. The molecule has 138 valence electrons. The Labute approximate surface area is 152 Å². The first kappa shape index (κ1) is 18.3. The molecule has 0 radical (unpaired) electrons. The van der Waals surface area contributed by atoms with Crippen molar-refractivity contribution in [3.8, 4) is 0 Å². The number of carbonyl (C=O) groups excluding carboxylic acids is 1. The molecule has 1 N–H and O–H groups in total. The number of halogens is 2. The number of amides is 1. The second kappa shape index (κ2) is 8.76. The molecule has 1 aliphatic rings. The highest BCUT2D eigenvalue weighted by Gasteiger charge is 2.17. The van der Waals surface area contributed by atoms with E-state index in [-0.39, 0.29) is 11.7 Å². The minimum atomic E-state index is -0.406. The smallest absolute Gasteiger partial charge is 0.251 e. The van der Waals surface area contributed by atoms with Crippen molar-refractivity contribution in [3.63, 3.8) is 0 Å². The average molecular weight is 359 g/mol. The van der Waals surface area contributed by atoms with Gasteiger partial charge in [0.2, 0.25) is 0 Å². The molecule has 0 spiro atoms. The van der Waals surface area contributed by atoms with Gasteiger partial charge in [-0.15, -0.1) is 0 Å². The molecule has 4 nitrogen and oxygen atoms in total. The number of nitrogens with zero attached hydrogens (tertiary/aromatic N) is 2. The predicted octanol–water partition coefficient (Wildman–Crippen LogP) is 2.91. The summed E-state index contributed by atoms with van der Waals surface area (Å²) in [5.74, 6) is -0.866. The van der Waals surface area contributed by atoms with E-state index in [1.54, 1.807) is 6.07 Å². The van der Waals surface area contributed by atoms with Gasteiger partial charge in [-0.3, -0.25) is 9.69 Å². The summed E-state index contributed by atoms with van der Waals surface area (Å²) < 4.78 is 26.1. The number of piperazine rings is 1. The van der Waals surface area contributed by atoms with Crippen LogP contribution in [0.3, 0.4) is 0 Å². The zero-order valence-electron chi connectivity index (χ0n) is 14.6. The standard InChI is InChI=1S/C20H23F2N3O/c21-17-5-7-19(8-6-17)25-13-11-24(12-14-25)10-2-9-23-20(26)16-3-1-4-18(22)15-16/h1,3-8,15H,2,9-14H2,(H,23,26). The van der Waals surface area contributed by atoms with Gasteiger partial charge in [0.05, 0.1) is 0 Å². The third-order valence-electron chi connectivity index (χ3n) is 4.59. The van der Waals surface area contributed by atoms with Gasteiger partial charge < -0.3 is 10.2 Å². The van der Waals surface area contributed by atoms with E-state index < -0.39 is 5.82 Å². The fraction of sp³-hybridized carbons (Fsp3) is 0.350. The number of benzene rings is 2. The van der Waals surface area contributed by atoms with Crippen LogP contribution in [0, 0.1) is 11.6 Å². The molecule has 0 aromatic heterocycles. The Kier molecular flexibility index (Phi) is 6.17. The van der Waals surface area contributed by atoms with E-state index in [9.17, 15) is 13.6 Å². The fourth-order valence-corrected chi connectivity index (χ4v) is 3.12. The average Bonchev–Trinajstić information content (AvgIpc) is 2.66. The Balaban J connectivity index is 1.35. The molecular weight excluding hydrogens is 336 g/mol. The van der Waals surface area contributed by atoms with Crippen molar-refractivity contribution in [3.05, 3.63) is 65.7 Å². The van der Waals surface area contributed by atoms with E-state index in [0.717, 1.165) is 44.8 Å². The molecule has 26 heavy (non-hydrogen) atoms. The lowest BCUT2D eigenvalue weighted by Gasteiger charge is -2.36. The SMILES string of the molecule is O=C(NCCCN1CCN(c2ccc(F)cc2)CC1)c1cccc(F)c1. The van der Waals surface area contributed by atoms with E-state index >= 15 is 0 Å². The Bertz CT molecular complexity index is 728. The van der Waals surface area contributed by atoms with Gasteiger partial charge in [0.15, 0.2) is 0 Å². The van der Waals surface area contributed by atoms with Crippen molar-refractivity contribution in [2.24, 2.45) is 0 Å². The first-order chi connectivity index (χ1) is 12.6. The molecule has 0 saturated carbocycles. The molecule has 2 aromatic carbocycles. The second-order valence-corrected chi connectivity index (χ2v) is 6.42. The molecule has 0 bridgehead atoms. The molecule has 0 atom stereocenters. The van der Waals surface area contributed by atoms with Crippen LogP contribution in [-0.2, 0) is 0 Å². The van der Waals surface area contributed by atoms with Crippen LogP contribution < -0.4 is 10.2 Å². The van der Waals surface area contributed by atoms with Gasteiger partial charge in [-0.1, -0.05) is 6.07 Å². The molecule has 6 heteroatoms. The van der Waals surface area contributed by atoms with Crippen molar-refractivity contribution in [2.75, 3.05) is 44.2 Å². The van der Waals surface area contributed by atoms with Gasteiger partial charge >= 0.3 is 0 Å². The zero-order valence-corrected chi connectivity index (χ0v) is 14.6. The van der Waals surface area contributed by atoms with Crippen LogP contribution in [0.15, 0.2) is 48.5 Å². The molecule has 0 aliphatic carbocycles. The van der Waals surface area contributed by atoms with Gasteiger partial charge in [-0.05, 0) is 55.4 Å². The van der Waals surface area contributed by atoms with E-state index in [1.165, 1.54) is 30.3 Å². The number of carbonyl (C=O) groups is 1. The Morgan fingerprint density at radius 3 is 2.38 bits per heavy atom. The normalized spacial score (nSPS) is 15.1. The third-order valence-corrected chi connectivity index (χ3v) is 4.59. The Morgan fingerprint density at radius 2 is 1.69 bits per heavy atom. The summed E-state index contributed by atoms with van der Waals surface area (Å²) in [5.41, 5.74) is 1.39. The summed E-state index contributed by atoms with van der Waals surface area (Å²) in [6, 6.07) is 12.3. The number of rotatable bonds is 6. The number of nitrogens with one attached hydrogen (secondary N) is 1. The minimum Gasteiger partial charge on any atom is -0.369 e. The van der Waals surface area contributed by atoms with Crippen LogP contribution in [0.25, 0.3) is 0 Å². The molecule has 0 unspecified atom stereocenters. The first-order valence-corrected chi connectivity index (χ1v) is 8.88. The third kappa shape index (κ3) is 5.02. The summed E-state index contributed by atoms with van der Waals surface area (Å²) in [4.78, 5) is 16.6. The summed E-state index contributed by atoms with van der Waals surface area (Å²) in [7, 11) is 0. The summed E-state index contributed by atoms with van der Waals surface area (Å²) in [5, 5.41) is 2.83.